The first-order valence-electron chi connectivity index (χ1n) is 7.58. The number of nitrogens with one attached hydrogen (secondary N) is 1. The van der Waals surface area contributed by atoms with Crippen LogP contribution in [0.15, 0.2) is 24.3 Å². The van der Waals surface area contributed by atoms with Crippen LogP contribution in [-0.2, 0) is 9.53 Å². The largest absolute Gasteiger partial charge is 0.465 e. The minimum atomic E-state index is -0.402. The van der Waals surface area contributed by atoms with E-state index in [2.05, 4.69) is 26.9 Å². The summed E-state index contributed by atoms with van der Waals surface area (Å²) in [5.74, 6) is -0.257. The van der Waals surface area contributed by atoms with Gasteiger partial charge in [-0.05, 0) is 31.3 Å². The first-order chi connectivity index (χ1) is 11.5. The molecule has 1 amide bonds. The normalized spacial score (nSPS) is 15.0. The van der Waals surface area contributed by atoms with E-state index in [0.29, 0.717) is 11.3 Å². The number of rotatable bonds is 4. The summed E-state index contributed by atoms with van der Waals surface area (Å²) in [6.07, 6.45) is 0. The Morgan fingerprint density at radius 2 is 1.83 bits per heavy atom. The average molecular weight is 367 g/mol. The second-order valence-corrected chi connectivity index (χ2v) is 7.07. The number of hydrogen-bond donors (Lipinski definition) is 1. The minimum Gasteiger partial charge on any atom is -0.465 e. The van der Waals surface area contributed by atoms with Crippen molar-refractivity contribution in [2.24, 2.45) is 0 Å². The van der Waals surface area contributed by atoms with Crippen LogP contribution >= 0.6 is 24.0 Å². The molecule has 1 aliphatic rings. The molecule has 0 radical (unpaired) electrons. The number of anilines is 1. The number of nitrogens with zero attached hydrogens (tertiary/aromatic N) is 2. The van der Waals surface area contributed by atoms with Crippen molar-refractivity contribution in [1.29, 1.82) is 0 Å². The van der Waals surface area contributed by atoms with Crippen LogP contribution in [0, 0.1) is 0 Å². The molecule has 6 nitrogen and oxygen atoms in total. The maximum Gasteiger partial charge on any atom is 0.337 e. The van der Waals surface area contributed by atoms with Crippen LogP contribution in [0.4, 0.5) is 5.69 Å². The van der Waals surface area contributed by atoms with Gasteiger partial charge in [0.15, 0.2) is 0 Å². The molecule has 0 saturated carbocycles. The van der Waals surface area contributed by atoms with E-state index in [1.54, 1.807) is 24.3 Å². The van der Waals surface area contributed by atoms with Gasteiger partial charge in [0.1, 0.15) is 4.32 Å². The highest BCUT2D eigenvalue weighted by Crippen LogP contribution is 2.14. The standard InChI is InChI=1S/C16H21N3O3S2/c1-18-7-9-19(10-8-18)16(23)24-11-14(20)17-13-5-3-12(4-6-13)15(21)22-2/h3-6H,7-11H2,1-2H3,(H,17,20). The molecule has 1 heterocycles. The monoisotopic (exact) mass is 367 g/mol. The molecule has 0 spiro atoms. The topological polar surface area (TPSA) is 61.9 Å². The average Bonchev–Trinajstić information content (AvgIpc) is 2.60. The van der Waals surface area contributed by atoms with Crippen LogP contribution in [0.2, 0.25) is 0 Å². The number of likely N-dealkylation sites (N-methyl/N-ethyl adjacent to an activating group) is 1. The van der Waals surface area contributed by atoms with Crippen LogP contribution in [0.25, 0.3) is 0 Å². The fourth-order valence-electron chi connectivity index (χ4n) is 2.21. The lowest BCUT2D eigenvalue weighted by Crippen LogP contribution is -2.46. The van der Waals surface area contributed by atoms with E-state index in [9.17, 15) is 9.59 Å². The summed E-state index contributed by atoms with van der Waals surface area (Å²) in [5.41, 5.74) is 1.08. The fourth-order valence-corrected chi connectivity index (χ4v) is 3.26. The number of carbonyl (C=O) groups is 2. The van der Waals surface area contributed by atoms with Crippen molar-refractivity contribution in [2.75, 3.05) is 51.4 Å². The van der Waals surface area contributed by atoms with Crippen LogP contribution in [0.5, 0.6) is 0 Å². The van der Waals surface area contributed by atoms with Crippen molar-refractivity contribution in [3.05, 3.63) is 29.8 Å². The summed E-state index contributed by atoms with van der Waals surface area (Å²) < 4.78 is 5.40. The lowest BCUT2D eigenvalue weighted by Gasteiger charge is -2.33. The van der Waals surface area contributed by atoms with Crippen molar-refractivity contribution in [3.63, 3.8) is 0 Å². The Balaban J connectivity index is 1.76. The molecule has 0 unspecified atom stereocenters. The van der Waals surface area contributed by atoms with Gasteiger partial charge < -0.3 is 19.9 Å². The van der Waals surface area contributed by atoms with E-state index in [1.807, 2.05) is 0 Å². The second-order valence-electron chi connectivity index (χ2n) is 5.46. The lowest BCUT2D eigenvalue weighted by atomic mass is 10.2. The zero-order chi connectivity index (χ0) is 17.5. The van der Waals surface area contributed by atoms with Crippen molar-refractivity contribution in [2.45, 2.75) is 0 Å². The molecule has 1 aromatic rings. The van der Waals surface area contributed by atoms with Crippen molar-refractivity contribution < 1.29 is 14.3 Å². The van der Waals surface area contributed by atoms with E-state index in [1.165, 1.54) is 18.9 Å². The number of piperazine rings is 1. The number of esters is 1. The molecule has 1 fully saturated rings. The van der Waals surface area contributed by atoms with Gasteiger partial charge in [-0.1, -0.05) is 24.0 Å². The van der Waals surface area contributed by atoms with Gasteiger partial charge in [-0.3, -0.25) is 4.79 Å². The maximum absolute atomic E-state index is 12.0. The highest BCUT2D eigenvalue weighted by atomic mass is 32.2. The number of amides is 1. The van der Waals surface area contributed by atoms with Gasteiger partial charge in [-0.2, -0.15) is 0 Å². The number of benzene rings is 1. The molecule has 1 aromatic carbocycles. The van der Waals surface area contributed by atoms with Crippen LogP contribution < -0.4 is 5.32 Å². The Morgan fingerprint density at radius 1 is 1.21 bits per heavy atom. The van der Waals surface area contributed by atoms with Crippen molar-refractivity contribution in [3.8, 4) is 0 Å². The van der Waals surface area contributed by atoms with Crippen LogP contribution in [-0.4, -0.2) is 72.1 Å². The molecule has 0 bridgehead atoms. The number of carbonyl (C=O) groups excluding carboxylic acids is 2. The van der Waals surface area contributed by atoms with E-state index >= 15 is 0 Å². The van der Waals surface area contributed by atoms with Gasteiger partial charge in [-0.15, -0.1) is 0 Å². The minimum absolute atomic E-state index is 0.123. The number of hydrogen-bond acceptors (Lipinski definition) is 6. The summed E-state index contributed by atoms with van der Waals surface area (Å²) in [6.45, 7) is 3.77. The first kappa shape index (κ1) is 18.7. The van der Waals surface area contributed by atoms with Crippen molar-refractivity contribution in [1.82, 2.24) is 9.80 Å². The van der Waals surface area contributed by atoms with E-state index in [-0.39, 0.29) is 11.7 Å². The maximum atomic E-state index is 12.0. The summed E-state index contributed by atoms with van der Waals surface area (Å²) >= 11 is 6.77. The summed E-state index contributed by atoms with van der Waals surface area (Å²) in [7, 11) is 3.42. The smallest absolute Gasteiger partial charge is 0.337 e. The zero-order valence-electron chi connectivity index (χ0n) is 13.8. The predicted molar refractivity (Wildman–Crippen MR) is 101 cm³/mol. The molecule has 1 aliphatic heterocycles. The third-order valence-electron chi connectivity index (χ3n) is 3.68. The highest BCUT2D eigenvalue weighted by Gasteiger charge is 2.17. The molecular weight excluding hydrogens is 346 g/mol. The van der Waals surface area contributed by atoms with Gasteiger partial charge in [0, 0.05) is 31.9 Å². The van der Waals surface area contributed by atoms with E-state index in [4.69, 9.17) is 12.2 Å². The number of methoxy groups -OCH3 is 1. The number of thioether (sulfide) groups is 1. The molecule has 0 aromatic heterocycles. The molecule has 130 valence electrons. The molecule has 1 saturated heterocycles. The lowest BCUT2D eigenvalue weighted by molar-refractivity contribution is -0.113. The van der Waals surface area contributed by atoms with E-state index in [0.717, 1.165) is 30.5 Å². The third-order valence-corrected chi connectivity index (χ3v) is 5.20. The van der Waals surface area contributed by atoms with E-state index < -0.39 is 5.97 Å². The van der Waals surface area contributed by atoms with Gasteiger partial charge in [0.05, 0.1) is 18.4 Å². The van der Waals surface area contributed by atoms with Crippen LogP contribution in [0.1, 0.15) is 10.4 Å². The first-order valence-corrected chi connectivity index (χ1v) is 8.97. The summed E-state index contributed by atoms with van der Waals surface area (Å²) in [6, 6.07) is 6.58. The molecule has 8 heteroatoms. The Kier molecular flexibility index (Phi) is 7.01. The van der Waals surface area contributed by atoms with Gasteiger partial charge in [-0.25, -0.2) is 4.79 Å². The molecule has 24 heavy (non-hydrogen) atoms. The second kappa shape index (κ2) is 9.00. The molecular formula is C16H21N3O3S2. The van der Waals surface area contributed by atoms with Gasteiger partial charge in [0.2, 0.25) is 5.91 Å². The van der Waals surface area contributed by atoms with Gasteiger partial charge in [0.25, 0.3) is 0 Å². The number of ether oxygens (including phenoxy) is 1. The summed E-state index contributed by atoms with van der Waals surface area (Å²) in [5, 5.41) is 2.79. The van der Waals surface area contributed by atoms with Crippen LogP contribution in [0.3, 0.4) is 0 Å². The van der Waals surface area contributed by atoms with Gasteiger partial charge >= 0.3 is 5.97 Å². The highest BCUT2D eigenvalue weighted by molar-refractivity contribution is 8.23. The number of thiocarbonyl (C=S) groups is 1. The van der Waals surface area contributed by atoms with Crippen molar-refractivity contribution >= 4 is 45.9 Å². The Hall–Kier alpha value is -1.64. The third kappa shape index (κ3) is 5.47. The SMILES string of the molecule is COC(=O)c1ccc(NC(=O)CSC(=S)N2CCN(C)CC2)cc1. The molecule has 0 atom stereocenters. The zero-order valence-corrected chi connectivity index (χ0v) is 15.4. The fraction of sp³-hybridized carbons (Fsp3) is 0.438. The Labute approximate surface area is 151 Å². The Bertz CT molecular complexity index is 599. The molecule has 0 aliphatic carbocycles. The predicted octanol–water partition coefficient (Wildman–Crippen LogP) is 1.68. The molecule has 1 N–H and O–H groups in total. The molecule has 2 rings (SSSR count). The Morgan fingerprint density at radius 3 is 2.42 bits per heavy atom. The summed E-state index contributed by atoms with van der Waals surface area (Å²) in [4.78, 5) is 27.8. The quantitative estimate of drug-likeness (QED) is 0.642.